The number of rotatable bonds is 4. The second-order valence-corrected chi connectivity index (χ2v) is 4.43. The number of hydrogen-bond acceptors (Lipinski definition) is 3. The Kier molecular flexibility index (Phi) is 3.93. The molecule has 0 radical (unpaired) electrons. The number of aryl methyl sites for hydroxylation is 2. The molecule has 0 fully saturated rings. The molecule has 1 aromatic carbocycles. The van der Waals surface area contributed by atoms with Gasteiger partial charge in [0, 0.05) is 5.56 Å². The van der Waals surface area contributed by atoms with Gasteiger partial charge in [-0.15, -0.1) is 0 Å². The Morgan fingerprint density at radius 3 is 2.38 bits per heavy atom. The van der Waals surface area contributed by atoms with E-state index in [0.717, 1.165) is 23.5 Å². The molecule has 1 amide bonds. The summed E-state index contributed by atoms with van der Waals surface area (Å²) in [4.78, 5) is 27.8. The minimum Gasteiger partial charge on any atom is -0.478 e. The molecule has 0 saturated heterocycles. The second kappa shape index (κ2) is 5.66. The first kappa shape index (κ1) is 14.6. The van der Waals surface area contributed by atoms with Gasteiger partial charge in [0.25, 0.3) is 5.91 Å². The van der Waals surface area contributed by atoms with Gasteiger partial charge in [0.15, 0.2) is 0 Å². The number of carbonyl (C=O) groups excluding carboxylic acids is 1. The molecule has 0 saturated carbocycles. The summed E-state index contributed by atoms with van der Waals surface area (Å²) in [7, 11) is 0. The molecule has 2 N–H and O–H groups in total. The fourth-order valence-corrected chi connectivity index (χ4v) is 1.78. The van der Waals surface area contributed by atoms with E-state index in [1.807, 2.05) is 12.1 Å². The van der Waals surface area contributed by atoms with Crippen molar-refractivity contribution in [3.8, 4) is 0 Å². The number of hydroxylamine groups is 1. The van der Waals surface area contributed by atoms with E-state index in [2.05, 4.69) is 5.48 Å². The molecule has 2 rings (SSSR count). The van der Waals surface area contributed by atoms with Gasteiger partial charge in [-0.1, -0.05) is 0 Å². The van der Waals surface area contributed by atoms with E-state index in [1.54, 1.807) is 13.8 Å². The molecule has 0 spiro atoms. The van der Waals surface area contributed by atoms with Gasteiger partial charge in [0.2, 0.25) is 0 Å². The Labute approximate surface area is 119 Å². The third-order valence-corrected chi connectivity index (χ3v) is 2.90. The van der Waals surface area contributed by atoms with Crippen LogP contribution in [0.2, 0.25) is 0 Å². The maximum Gasteiger partial charge on any atom is 0.338 e. The first-order valence-electron chi connectivity index (χ1n) is 6.05. The third kappa shape index (κ3) is 3.02. The average molecular weight is 292 g/mol. The van der Waals surface area contributed by atoms with Gasteiger partial charge in [0.1, 0.15) is 5.82 Å². The number of nitrogens with one attached hydrogen (secondary N) is 1. The molecule has 21 heavy (non-hydrogen) atoms. The highest BCUT2D eigenvalue weighted by atomic mass is 19.1. The van der Waals surface area contributed by atoms with E-state index in [-0.39, 0.29) is 5.56 Å². The summed E-state index contributed by atoms with van der Waals surface area (Å²) in [5.74, 6) is -3.03. The molecule has 0 unspecified atom stereocenters. The fraction of sp³-hybridized carbons (Fsp3) is 0.143. The molecule has 0 aliphatic heterocycles. The van der Waals surface area contributed by atoms with Crippen LogP contribution in [-0.2, 0) is 0 Å². The normalized spacial score (nSPS) is 10.2. The largest absolute Gasteiger partial charge is 0.478 e. The number of amides is 1. The van der Waals surface area contributed by atoms with E-state index in [9.17, 15) is 14.0 Å². The van der Waals surface area contributed by atoms with Crippen LogP contribution in [0.4, 0.5) is 4.39 Å². The zero-order chi connectivity index (χ0) is 15.6. The molecule has 110 valence electrons. The van der Waals surface area contributed by atoms with Gasteiger partial charge in [0.05, 0.1) is 17.0 Å². The number of nitrogens with zero attached hydrogens (tertiary/aromatic N) is 1. The van der Waals surface area contributed by atoms with Crippen molar-refractivity contribution in [3.63, 3.8) is 0 Å². The standard InChI is InChI=1S/C14H13FN2O4/c1-8-3-4-9(2)17(8)21-16-13(18)10-5-6-12(15)11(7-10)14(19)20/h3-7H,1-2H3,(H,16,18)(H,19,20). The molecule has 0 aliphatic carbocycles. The van der Waals surface area contributed by atoms with E-state index >= 15 is 0 Å². The number of carboxylic acids is 1. The van der Waals surface area contributed by atoms with Crippen LogP contribution in [0.25, 0.3) is 0 Å². The summed E-state index contributed by atoms with van der Waals surface area (Å²) < 4.78 is 14.7. The summed E-state index contributed by atoms with van der Waals surface area (Å²) in [6.07, 6.45) is 0. The number of hydrogen-bond donors (Lipinski definition) is 2. The van der Waals surface area contributed by atoms with Crippen LogP contribution >= 0.6 is 0 Å². The quantitative estimate of drug-likeness (QED) is 0.841. The molecular weight excluding hydrogens is 279 g/mol. The predicted octanol–water partition coefficient (Wildman–Crippen LogP) is 1.72. The smallest absolute Gasteiger partial charge is 0.338 e. The lowest BCUT2D eigenvalue weighted by Gasteiger charge is -2.11. The Bertz CT molecular complexity index is 689. The number of aromatic nitrogens is 1. The van der Waals surface area contributed by atoms with Gasteiger partial charge in [-0.2, -0.15) is 10.2 Å². The summed E-state index contributed by atoms with van der Waals surface area (Å²) >= 11 is 0. The van der Waals surface area contributed by atoms with Gasteiger partial charge >= 0.3 is 5.97 Å². The monoisotopic (exact) mass is 292 g/mol. The van der Waals surface area contributed by atoms with Crippen molar-refractivity contribution in [1.82, 2.24) is 10.2 Å². The Morgan fingerprint density at radius 2 is 1.81 bits per heavy atom. The van der Waals surface area contributed by atoms with Crippen LogP contribution in [0.5, 0.6) is 0 Å². The maximum absolute atomic E-state index is 13.3. The number of aromatic carboxylic acids is 1. The van der Waals surface area contributed by atoms with Crippen LogP contribution in [-0.4, -0.2) is 21.7 Å². The van der Waals surface area contributed by atoms with Gasteiger partial charge in [-0.3, -0.25) is 9.73 Å². The van der Waals surface area contributed by atoms with Crippen LogP contribution in [0.3, 0.4) is 0 Å². The van der Waals surface area contributed by atoms with Crippen molar-refractivity contribution in [3.05, 3.63) is 58.7 Å². The van der Waals surface area contributed by atoms with Crippen molar-refractivity contribution in [2.24, 2.45) is 0 Å². The molecule has 0 atom stereocenters. The Balaban J connectivity index is 2.14. The second-order valence-electron chi connectivity index (χ2n) is 4.43. The molecule has 1 aromatic heterocycles. The van der Waals surface area contributed by atoms with Gasteiger partial charge in [-0.05, 0) is 44.2 Å². The topological polar surface area (TPSA) is 80.6 Å². The van der Waals surface area contributed by atoms with Crippen LogP contribution in [0, 0.1) is 19.7 Å². The van der Waals surface area contributed by atoms with E-state index in [0.29, 0.717) is 0 Å². The summed E-state index contributed by atoms with van der Waals surface area (Å²) in [6, 6.07) is 6.66. The zero-order valence-corrected chi connectivity index (χ0v) is 11.4. The number of carbonyl (C=O) groups is 2. The summed E-state index contributed by atoms with van der Waals surface area (Å²) in [5, 5.41) is 8.82. The van der Waals surface area contributed by atoms with Crippen LogP contribution in [0.15, 0.2) is 30.3 Å². The molecule has 7 heteroatoms. The predicted molar refractivity (Wildman–Crippen MR) is 71.3 cm³/mol. The van der Waals surface area contributed by atoms with Crippen LogP contribution in [0.1, 0.15) is 32.1 Å². The average Bonchev–Trinajstić information content (AvgIpc) is 2.75. The van der Waals surface area contributed by atoms with Crippen molar-refractivity contribution in [2.75, 3.05) is 0 Å². The van der Waals surface area contributed by atoms with Crippen molar-refractivity contribution < 1.29 is 24.0 Å². The summed E-state index contributed by atoms with van der Waals surface area (Å²) in [5.41, 5.74) is 3.14. The van der Waals surface area contributed by atoms with E-state index in [1.165, 1.54) is 10.8 Å². The minimum atomic E-state index is -1.44. The van der Waals surface area contributed by atoms with E-state index < -0.39 is 23.3 Å². The molecule has 1 heterocycles. The summed E-state index contributed by atoms with van der Waals surface area (Å²) in [6.45, 7) is 3.58. The SMILES string of the molecule is Cc1ccc(C)n1ONC(=O)c1ccc(F)c(C(=O)O)c1. The highest BCUT2D eigenvalue weighted by molar-refractivity contribution is 5.97. The number of carboxylic acid groups (broad SMARTS) is 1. The lowest BCUT2D eigenvalue weighted by atomic mass is 10.1. The Hall–Kier alpha value is -2.83. The first-order valence-corrected chi connectivity index (χ1v) is 6.05. The maximum atomic E-state index is 13.3. The number of benzene rings is 1. The van der Waals surface area contributed by atoms with Crippen molar-refractivity contribution in [2.45, 2.75) is 13.8 Å². The van der Waals surface area contributed by atoms with E-state index in [4.69, 9.17) is 10.0 Å². The van der Waals surface area contributed by atoms with Gasteiger partial charge in [-0.25, -0.2) is 9.18 Å². The molecule has 6 nitrogen and oxygen atoms in total. The minimum absolute atomic E-state index is 0.0173. The highest BCUT2D eigenvalue weighted by Crippen LogP contribution is 2.11. The highest BCUT2D eigenvalue weighted by Gasteiger charge is 2.15. The Morgan fingerprint density at radius 1 is 1.19 bits per heavy atom. The third-order valence-electron chi connectivity index (χ3n) is 2.90. The van der Waals surface area contributed by atoms with Gasteiger partial charge < -0.3 is 5.11 Å². The molecule has 0 aliphatic rings. The lowest BCUT2D eigenvalue weighted by Crippen LogP contribution is -2.34. The molecule has 2 aromatic rings. The first-order chi connectivity index (χ1) is 9.90. The molecule has 0 bridgehead atoms. The fourth-order valence-electron chi connectivity index (χ4n) is 1.78. The zero-order valence-electron chi connectivity index (χ0n) is 11.4. The van der Waals surface area contributed by atoms with Crippen LogP contribution < -0.4 is 10.4 Å². The molecular formula is C14H13FN2O4. The van der Waals surface area contributed by atoms with Crippen molar-refractivity contribution >= 4 is 11.9 Å². The lowest BCUT2D eigenvalue weighted by molar-refractivity contribution is 0.0176. The van der Waals surface area contributed by atoms with Crippen molar-refractivity contribution in [1.29, 1.82) is 0 Å². The number of halogens is 1.